The Morgan fingerprint density at radius 2 is 1.94 bits per heavy atom. The molecule has 17 heavy (non-hydrogen) atoms. The Labute approximate surface area is 96.2 Å². The van der Waals surface area contributed by atoms with Gasteiger partial charge in [-0.3, -0.25) is 0 Å². The molecule has 0 fully saturated rings. The minimum absolute atomic E-state index is 0.104. The largest absolute Gasteiger partial charge is 0.459 e. The second-order valence-electron chi connectivity index (χ2n) is 4.06. The van der Waals surface area contributed by atoms with Crippen molar-refractivity contribution in [1.29, 1.82) is 0 Å². The van der Waals surface area contributed by atoms with Crippen molar-refractivity contribution >= 4 is 11.0 Å². The summed E-state index contributed by atoms with van der Waals surface area (Å²) >= 11 is 0. The Hall–Kier alpha value is -1.49. The fourth-order valence-corrected chi connectivity index (χ4v) is 1.99. The van der Waals surface area contributed by atoms with E-state index in [1.165, 1.54) is 12.1 Å². The van der Waals surface area contributed by atoms with Gasteiger partial charge in [0, 0.05) is 10.9 Å². The van der Waals surface area contributed by atoms with Gasteiger partial charge < -0.3 is 10.2 Å². The number of hydrogen-bond donors (Lipinski definition) is 1. The van der Waals surface area contributed by atoms with Crippen molar-refractivity contribution < 1.29 is 17.6 Å². The van der Waals surface area contributed by atoms with Crippen molar-refractivity contribution in [2.24, 2.45) is 5.73 Å². The van der Waals surface area contributed by atoms with E-state index >= 15 is 0 Å². The molecule has 2 rings (SSSR count). The van der Waals surface area contributed by atoms with E-state index in [1.807, 2.05) is 0 Å². The molecule has 1 aromatic heterocycles. The zero-order valence-corrected chi connectivity index (χ0v) is 9.43. The molecular formula is C12H12F3NO. The maximum atomic E-state index is 12.8. The fraction of sp³-hybridized carbons (Fsp3) is 0.333. The van der Waals surface area contributed by atoms with Crippen molar-refractivity contribution in [2.75, 3.05) is 0 Å². The molecule has 0 saturated carbocycles. The molecule has 5 heteroatoms. The molecular weight excluding hydrogens is 231 g/mol. The summed E-state index contributed by atoms with van der Waals surface area (Å²) in [5, 5.41) is 0.104. The highest BCUT2D eigenvalue weighted by molar-refractivity contribution is 5.86. The predicted octanol–water partition coefficient (Wildman–Crippen LogP) is 3.78. The highest BCUT2D eigenvalue weighted by Gasteiger charge is 2.34. The van der Waals surface area contributed by atoms with Crippen LogP contribution in [-0.2, 0) is 6.18 Å². The first-order valence-electron chi connectivity index (χ1n) is 5.17. The van der Waals surface area contributed by atoms with E-state index in [0.717, 1.165) is 6.07 Å². The van der Waals surface area contributed by atoms with Gasteiger partial charge in [-0.25, -0.2) is 0 Å². The molecule has 1 aromatic carbocycles. The van der Waals surface area contributed by atoms with E-state index < -0.39 is 17.8 Å². The summed E-state index contributed by atoms with van der Waals surface area (Å²) in [6.45, 7) is 3.28. The highest BCUT2D eigenvalue weighted by atomic mass is 19.4. The first kappa shape index (κ1) is 12.0. The Morgan fingerprint density at radius 1 is 1.29 bits per heavy atom. The van der Waals surface area contributed by atoms with Crippen LogP contribution in [0.25, 0.3) is 11.0 Å². The smallest absolute Gasteiger partial charge is 0.417 e. The molecule has 2 N–H and O–H groups in total. The first-order chi connectivity index (χ1) is 7.82. The van der Waals surface area contributed by atoms with Crippen LogP contribution < -0.4 is 5.73 Å². The average molecular weight is 243 g/mol. The van der Waals surface area contributed by atoms with Crippen LogP contribution in [0.1, 0.15) is 29.9 Å². The number of hydrogen-bond acceptors (Lipinski definition) is 2. The number of nitrogens with two attached hydrogens (primary N) is 1. The predicted molar refractivity (Wildman–Crippen MR) is 58.6 cm³/mol. The number of furan rings is 1. The number of benzene rings is 1. The molecule has 1 unspecified atom stereocenters. The van der Waals surface area contributed by atoms with Crippen LogP contribution in [0.15, 0.2) is 22.6 Å². The zero-order valence-electron chi connectivity index (χ0n) is 9.43. The molecule has 0 spiro atoms. The lowest BCUT2D eigenvalue weighted by molar-refractivity contribution is -0.136. The summed E-state index contributed by atoms with van der Waals surface area (Å²) in [5.41, 5.74) is 5.67. The monoisotopic (exact) mass is 243 g/mol. The molecule has 2 aromatic rings. The summed E-state index contributed by atoms with van der Waals surface area (Å²) in [6, 6.07) is 3.47. The van der Waals surface area contributed by atoms with Gasteiger partial charge in [0.05, 0.1) is 11.6 Å². The molecule has 1 heterocycles. The van der Waals surface area contributed by atoms with Crippen LogP contribution in [0.2, 0.25) is 0 Å². The number of aryl methyl sites for hydroxylation is 1. The third-order valence-corrected chi connectivity index (χ3v) is 2.71. The van der Waals surface area contributed by atoms with Gasteiger partial charge in [-0.2, -0.15) is 13.2 Å². The van der Waals surface area contributed by atoms with Gasteiger partial charge in [0.1, 0.15) is 11.3 Å². The average Bonchev–Trinajstić information content (AvgIpc) is 2.55. The lowest BCUT2D eigenvalue weighted by Gasteiger charge is -2.08. The summed E-state index contributed by atoms with van der Waals surface area (Å²) in [4.78, 5) is 0. The van der Waals surface area contributed by atoms with E-state index in [2.05, 4.69) is 0 Å². The van der Waals surface area contributed by atoms with E-state index in [4.69, 9.17) is 10.2 Å². The van der Waals surface area contributed by atoms with Gasteiger partial charge in [0.15, 0.2) is 0 Å². The molecule has 2 nitrogen and oxygen atoms in total. The van der Waals surface area contributed by atoms with Crippen molar-refractivity contribution in [2.45, 2.75) is 26.1 Å². The maximum absolute atomic E-state index is 12.8. The molecule has 0 aliphatic heterocycles. The van der Waals surface area contributed by atoms with Gasteiger partial charge in [-0.15, -0.1) is 0 Å². The second kappa shape index (κ2) is 3.77. The SMILES string of the molecule is Cc1c(C(C)N)oc2cccc(C(F)(F)F)c12. The number of halogens is 3. The van der Waals surface area contributed by atoms with Gasteiger partial charge in [-0.1, -0.05) is 6.07 Å². The normalized spacial score (nSPS) is 14.2. The Balaban J connectivity index is 2.80. The van der Waals surface area contributed by atoms with Gasteiger partial charge in [0.25, 0.3) is 0 Å². The molecule has 0 bridgehead atoms. The van der Waals surface area contributed by atoms with Crippen molar-refractivity contribution in [3.8, 4) is 0 Å². The molecule has 0 aliphatic rings. The van der Waals surface area contributed by atoms with Crippen LogP contribution in [0.5, 0.6) is 0 Å². The van der Waals surface area contributed by atoms with E-state index in [-0.39, 0.29) is 11.0 Å². The Morgan fingerprint density at radius 3 is 2.47 bits per heavy atom. The van der Waals surface area contributed by atoms with Crippen LogP contribution in [0, 0.1) is 6.92 Å². The topological polar surface area (TPSA) is 39.2 Å². The molecule has 0 radical (unpaired) electrons. The van der Waals surface area contributed by atoms with Gasteiger partial charge in [-0.05, 0) is 26.0 Å². The van der Waals surface area contributed by atoms with Gasteiger partial charge in [0.2, 0.25) is 0 Å². The third-order valence-electron chi connectivity index (χ3n) is 2.71. The van der Waals surface area contributed by atoms with Crippen LogP contribution in [0.3, 0.4) is 0 Å². The Bertz CT molecular complexity index is 555. The quantitative estimate of drug-likeness (QED) is 0.827. The first-order valence-corrected chi connectivity index (χ1v) is 5.17. The molecule has 1 atom stereocenters. The highest BCUT2D eigenvalue weighted by Crippen LogP contribution is 2.39. The van der Waals surface area contributed by atoms with E-state index in [9.17, 15) is 13.2 Å². The number of rotatable bonds is 1. The molecule has 0 saturated heterocycles. The number of alkyl halides is 3. The van der Waals surface area contributed by atoms with Gasteiger partial charge >= 0.3 is 6.18 Å². The fourth-order valence-electron chi connectivity index (χ4n) is 1.99. The lowest BCUT2D eigenvalue weighted by Crippen LogP contribution is -2.07. The van der Waals surface area contributed by atoms with E-state index in [0.29, 0.717) is 11.3 Å². The second-order valence-corrected chi connectivity index (χ2v) is 4.06. The summed E-state index contributed by atoms with van der Waals surface area (Å²) in [5.74, 6) is 0.400. The zero-order chi connectivity index (χ0) is 12.8. The van der Waals surface area contributed by atoms with Crippen molar-refractivity contribution in [3.63, 3.8) is 0 Å². The third kappa shape index (κ3) is 1.91. The number of fused-ring (bicyclic) bond motifs is 1. The molecule has 92 valence electrons. The van der Waals surface area contributed by atoms with Crippen LogP contribution in [0.4, 0.5) is 13.2 Å². The minimum atomic E-state index is -4.39. The van der Waals surface area contributed by atoms with Crippen LogP contribution >= 0.6 is 0 Å². The van der Waals surface area contributed by atoms with E-state index in [1.54, 1.807) is 13.8 Å². The lowest BCUT2D eigenvalue weighted by atomic mass is 10.0. The van der Waals surface area contributed by atoms with Crippen molar-refractivity contribution in [3.05, 3.63) is 35.1 Å². The summed E-state index contributed by atoms with van der Waals surface area (Å²) in [6.07, 6.45) is -4.39. The van der Waals surface area contributed by atoms with Crippen LogP contribution in [-0.4, -0.2) is 0 Å². The minimum Gasteiger partial charge on any atom is -0.459 e. The van der Waals surface area contributed by atoms with Crippen molar-refractivity contribution in [1.82, 2.24) is 0 Å². The Kier molecular flexibility index (Phi) is 2.66. The standard InChI is InChI=1S/C12H12F3NO/c1-6-10-8(12(13,14)15)4-3-5-9(10)17-11(6)7(2)16/h3-5,7H,16H2,1-2H3. The molecule has 0 aliphatic carbocycles. The summed E-state index contributed by atoms with van der Waals surface area (Å²) in [7, 11) is 0. The molecule has 0 amide bonds. The maximum Gasteiger partial charge on any atom is 0.417 e. The summed E-state index contributed by atoms with van der Waals surface area (Å²) < 4.78 is 43.9.